The summed E-state index contributed by atoms with van der Waals surface area (Å²) in [6, 6.07) is 4.54. The van der Waals surface area contributed by atoms with Crippen molar-refractivity contribution in [3.8, 4) is 0 Å². The summed E-state index contributed by atoms with van der Waals surface area (Å²) in [5, 5.41) is 8.95. The second-order valence-corrected chi connectivity index (χ2v) is 6.05. The molecule has 98 valence electrons. The molecule has 0 aliphatic heterocycles. The van der Waals surface area contributed by atoms with Crippen molar-refractivity contribution in [1.82, 2.24) is 4.90 Å². The highest BCUT2D eigenvalue weighted by Gasteiger charge is 2.22. The zero-order valence-electron chi connectivity index (χ0n) is 10.4. The van der Waals surface area contributed by atoms with Gasteiger partial charge < -0.3 is 10.8 Å². The van der Waals surface area contributed by atoms with E-state index in [0.29, 0.717) is 12.6 Å². The van der Waals surface area contributed by atoms with Crippen LogP contribution < -0.4 is 5.73 Å². The van der Waals surface area contributed by atoms with E-state index in [2.05, 4.69) is 18.7 Å². The molecule has 0 aliphatic rings. The average molecular weight is 277 g/mol. The standard InChI is InChI=1S/C12H21ClN2OS/c1-9(2)15(6-3-7-16)10(8-14)11-4-5-12(13)17-11/h4-5,9-10,16H,3,6-8,14H2,1-2H3. The molecule has 0 aliphatic carbocycles. The van der Waals surface area contributed by atoms with Gasteiger partial charge in [0, 0.05) is 30.6 Å². The van der Waals surface area contributed by atoms with E-state index in [1.54, 1.807) is 11.3 Å². The number of halogens is 1. The molecule has 17 heavy (non-hydrogen) atoms. The quantitative estimate of drug-likeness (QED) is 0.804. The molecule has 1 heterocycles. The van der Waals surface area contributed by atoms with Crippen LogP contribution in [0.3, 0.4) is 0 Å². The molecule has 1 unspecified atom stereocenters. The number of hydrogen-bond donors (Lipinski definition) is 2. The first-order valence-electron chi connectivity index (χ1n) is 5.92. The van der Waals surface area contributed by atoms with Crippen LogP contribution >= 0.6 is 22.9 Å². The predicted octanol–water partition coefficient (Wildman–Crippen LogP) is 2.49. The topological polar surface area (TPSA) is 49.5 Å². The Morgan fingerprint density at radius 3 is 2.59 bits per heavy atom. The zero-order chi connectivity index (χ0) is 12.8. The smallest absolute Gasteiger partial charge is 0.0931 e. The molecule has 1 aromatic rings. The molecule has 0 radical (unpaired) electrons. The van der Waals surface area contributed by atoms with Crippen molar-refractivity contribution in [3.05, 3.63) is 21.3 Å². The minimum atomic E-state index is 0.194. The van der Waals surface area contributed by atoms with E-state index in [9.17, 15) is 0 Å². The van der Waals surface area contributed by atoms with Crippen LogP contribution in [-0.4, -0.2) is 35.7 Å². The van der Waals surface area contributed by atoms with Gasteiger partial charge >= 0.3 is 0 Å². The van der Waals surface area contributed by atoms with Crippen molar-refractivity contribution < 1.29 is 5.11 Å². The minimum absolute atomic E-state index is 0.194. The van der Waals surface area contributed by atoms with Gasteiger partial charge in [-0.3, -0.25) is 4.90 Å². The fourth-order valence-electron chi connectivity index (χ4n) is 1.95. The lowest BCUT2D eigenvalue weighted by atomic mass is 10.1. The van der Waals surface area contributed by atoms with Crippen molar-refractivity contribution in [2.45, 2.75) is 32.4 Å². The van der Waals surface area contributed by atoms with Gasteiger partial charge in [-0.25, -0.2) is 0 Å². The molecule has 5 heteroatoms. The second kappa shape index (κ2) is 7.34. The van der Waals surface area contributed by atoms with Crippen molar-refractivity contribution in [2.75, 3.05) is 19.7 Å². The maximum absolute atomic E-state index is 8.95. The monoisotopic (exact) mass is 276 g/mol. The van der Waals surface area contributed by atoms with Crippen LogP contribution in [0.5, 0.6) is 0 Å². The number of nitrogens with zero attached hydrogens (tertiary/aromatic N) is 1. The van der Waals surface area contributed by atoms with Crippen molar-refractivity contribution >= 4 is 22.9 Å². The molecule has 0 bridgehead atoms. The van der Waals surface area contributed by atoms with Gasteiger partial charge in [0.15, 0.2) is 0 Å². The molecule has 3 nitrogen and oxygen atoms in total. The van der Waals surface area contributed by atoms with E-state index in [0.717, 1.165) is 17.3 Å². The lowest BCUT2D eigenvalue weighted by molar-refractivity contribution is 0.143. The van der Waals surface area contributed by atoms with Crippen LogP contribution in [0, 0.1) is 0 Å². The highest BCUT2D eigenvalue weighted by atomic mass is 35.5. The van der Waals surface area contributed by atoms with Crippen molar-refractivity contribution in [1.29, 1.82) is 0 Å². The Kier molecular flexibility index (Phi) is 6.44. The van der Waals surface area contributed by atoms with Crippen molar-refractivity contribution in [2.24, 2.45) is 5.73 Å². The predicted molar refractivity (Wildman–Crippen MR) is 74.7 cm³/mol. The second-order valence-electron chi connectivity index (χ2n) is 4.30. The van der Waals surface area contributed by atoms with E-state index in [4.69, 9.17) is 22.4 Å². The Labute approximate surface area is 112 Å². The summed E-state index contributed by atoms with van der Waals surface area (Å²) in [4.78, 5) is 3.52. The summed E-state index contributed by atoms with van der Waals surface area (Å²) in [6.45, 7) is 5.93. The average Bonchev–Trinajstić information content (AvgIpc) is 2.70. The molecule has 1 atom stereocenters. The number of hydrogen-bond acceptors (Lipinski definition) is 4. The number of aliphatic hydroxyl groups excluding tert-OH is 1. The summed E-state index contributed by atoms with van der Waals surface area (Å²) >= 11 is 7.55. The summed E-state index contributed by atoms with van der Waals surface area (Å²) in [5.74, 6) is 0. The number of aliphatic hydroxyl groups is 1. The molecule has 0 amide bonds. The third-order valence-electron chi connectivity index (χ3n) is 2.78. The third-order valence-corrected chi connectivity index (χ3v) is 4.12. The third kappa shape index (κ3) is 4.23. The summed E-state index contributed by atoms with van der Waals surface area (Å²) in [5.41, 5.74) is 5.88. The van der Waals surface area contributed by atoms with Gasteiger partial charge in [0.1, 0.15) is 0 Å². The van der Waals surface area contributed by atoms with Crippen LogP contribution in [0.1, 0.15) is 31.2 Å². The highest BCUT2D eigenvalue weighted by Crippen LogP contribution is 2.31. The molecular formula is C12H21ClN2OS. The molecule has 3 N–H and O–H groups in total. The van der Waals surface area contributed by atoms with E-state index in [-0.39, 0.29) is 12.6 Å². The Balaban J connectivity index is 2.81. The van der Waals surface area contributed by atoms with Crippen LogP contribution in [-0.2, 0) is 0 Å². The molecule has 0 saturated heterocycles. The number of rotatable bonds is 7. The molecule has 0 fully saturated rings. The maximum Gasteiger partial charge on any atom is 0.0931 e. The molecular weight excluding hydrogens is 256 g/mol. The summed E-state index contributed by atoms with van der Waals surface area (Å²) in [7, 11) is 0. The molecule has 0 aromatic carbocycles. The zero-order valence-corrected chi connectivity index (χ0v) is 12.0. The maximum atomic E-state index is 8.95. The SMILES string of the molecule is CC(C)N(CCCO)C(CN)c1ccc(Cl)s1. The lowest BCUT2D eigenvalue weighted by Crippen LogP contribution is -2.39. The first-order chi connectivity index (χ1) is 8.10. The fraction of sp³-hybridized carbons (Fsp3) is 0.667. The number of thiophene rings is 1. The highest BCUT2D eigenvalue weighted by molar-refractivity contribution is 7.16. The van der Waals surface area contributed by atoms with Gasteiger partial charge in [-0.2, -0.15) is 0 Å². The molecule has 0 spiro atoms. The van der Waals surface area contributed by atoms with Gasteiger partial charge in [0.25, 0.3) is 0 Å². The Morgan fingerprint density at radius 1 is 1.47 bits per heavy atom. The first kappa shape index (κ1) is 14.9. The molecule has 1 aromatic heterocycles. The van der Waals surface area contributed by atoms with Crippen LogP contribution in [0.15, 0.2) is 12.1 Å². The van der Waals surface area contributed by atoms with E-state index >= 15 is 0 Å². The van der Waals surface area contributed by atoms with Crippen LogP contribution in [0.4, 0.5) is 0 Å². The molecule has 1 rings (SSSR count). The first-order valence-corrected chi connectivity index (χ1v) is 7.11. The van der Waals surface area contributed by atoms with E-state index in [1.807, 2.05) is 12.1 Å². The van der Waals surface area contributed by atoms with Gasteiger partial charge in [0.05, 0.1) is 10.4 Å². The Bertz CT molecular complexity index is 330. The van der Waals surface area contributed by atoms with Crippen LogP contribution in [0.25, 0.3) is 0 Å². The Hall–Kier alpha value is -0.130. The fourth-order valence-corrected chi connectivity index (χ4v) is 3.14. The lowest BCUT2D eigenvalue weighted by Gasteiger charge is -2.33. The summed E-state index contributed by atoms with van der Waals surface area (Å²) in [6.07, 6.45) is 0.772. The largest absolute Gasteiger partial charge is 0.396 e. The van der Waals surface area contributed by atoms with Gasteiger partial charge in [-0.1, -0.05) is 11.6 Å². The van der Waals surface area contributed by atoms with E-state index < -0.39 is 0 Å². The number of nitrogens with two attached hydrogens (primary N) is 1. The van der Waals surface area contributed by atoms with Gasteiger partial charge in [-0.05, 0) is 32.4 Å². The Morgan fingerprint density at radius 2 is 2.18 bits per heavy atom. The summed E-state index contributed by atoms with van der Waals surface area (Å²) < 4.78 is 0.796. The molecule has 0 saturated carbocycles. The minimum Gasteiger partial charge on any atom is -0.396 e. The van der Waals surface area contributed by atoms with Crippen molar-refractivity contribution in [3.63, 3.8) is 0 Å². The normalized spacial score (nSPS) is 13.6. The van der Waals surface area contributed by atoms with Gasteiger partial charge in [-0.15, -0.1) is 11.3 Å². The van der Waals surface area contributed by atoms with Gasteiger partial charge in [0.2, 0.25) is 0 Å². The van der Waals surface area contributed by atoms with Crippen LogP contribution in [0.2, 0.25) is 4.34 Å². The van der Waals surface area contributed by atoms with E-state index in [1.165, 1.54) is 4.88 Å².